The fourth-order valence-corrected chi connectivity index (χ4v) is 6.61. The van der Waals surface area contributed by atoms with Crippen molar-refractivity contribution in [3.8, 4) is 0 Å². The molecular weight excluding hydrogens is 174 g/mol. The lowest BCUT2D eigenvalue weighted by molar-refractivity contribution is 0.283. The number of hydrogen-bond acceptors (Lipinski definition) is 1. The molecule has 0 radical (unpaired) electrons. The Balaban J connectivity index is 2.38. The molecule has 0 bridgehead atoms. The maximum Gasteiger partial charge on any atom is 0.0566 e. The summed E-state index contributed by atoms with van der Waals surface area (Å²) in [6, 6.07) is 3.22. The molecule has 13 heavy (non-hydrogen) atoms. The average molecular weight is 199 g/mol. The first-order chi connectivity index (χ1) is 6.29. The fourth-order valence-electron chi connectivity index (χ4n) is 2.71. The lowest BCUT2D eigenvalue weighted by atomic mass is 10.3. The second-order valence-corrected chi connectivity index (χ2v) is 8.00. The monoisotopic (exact) mass is 199 g/mol. The minimum Gasteiger partial charge on any atom is -0.304 e. The molecule has 0 aromatic heterocycles. The van der Waals surface area contributed by atoms with Gasteiger partial charge in [0.25, 0.3) is 0 Å². The van der Waals surface area contributed by atoms with Gasteiger partial charge in [-0.05, 0) is 18.8 Å². The molecule has 2 heteroatoms. The third kappa shape index (κ3) is 3.10. The van der Waals surface area contributed by atoms with Crippen LogP contribution in [0.25, 0.3) is 0 Å². The summed E-state index contributed by atoms with van der Waals surface area (Å²) in [5.41, 5.74) is 0.954. The Morgan fingerprint density at radius 1 is 1.08 bits per heavy atom. The van der Waals surface area contributed by atoms with E-state index < -0.39 is 0 Å². The predicted molar refractivity (Wildman–Crippen MR) is 63.0 cm³/mol. The van der Waals surface area contributed by atoms with Crippen molar-refractivity contribution in [3.63, 3.8) is 0 Å². The number of rotatable bonds is 4. The van der Waals surface area contributed by atoms with Crippen LogP contribution in [-0.2, 0) is 0 Å². The molecule has 1 aliphatic heterocycles. The molecule has 0 aliphatic carbocycles. The van der Waals surface area contributed by atoms with Crippen LogP contribution in [0.2, 0.25) is 12.1 Å². The summed E-state index contributed by atoms with van der Waals surface area (Å²) >= 11 is 0. The molecule has 1 fully saturated rings. The van der Waals surface area contributed by atoms with Crippen molar-refractivity contribution in [2.75, 3.05) is 13.1 Å². The van der Waals surface area contributed by atoms with Crippen LogP contribution >= 0.6 is 0 Å². The van der Waals surface area contributed by atoms with E-state index in [1.54, 1.807) is 12.1 Å². The van der Waals surface area contributed by atoms with Crippen molar-refractivity contribution in [3.05, 3.63) is 0 Å². The molecule has 1 heterocycles. The van der Waals surface area contributed by atoms with E-state index in [0.717, 1.165) is 5.67 Å². The molecule has 0 spiro atoms. The number of nitrogens with zero attached hydrogens (tertiary/aromatic N) is 1. The Morgan fingerprint density at radius 3 is 2.08 bits per heavy atom. The van der Waals surface area contributed by atoms with Crippen LogP contribution in [0, 0.1) is 0 Å². The SMILES string of the molecule is CCN(CC)C(C)[SiH]1CCCCC1. The third-order valence-electron chi connectivity index (χ3n) is 3.72. The lowest BCUT2D eigenvalue weighted by Gasteiger charge is -2.34. The molecule has 1 nitrogen and oxygen atoms in total. The Hall–Kier alpha value is 0.177. The highest BCUT2D eigenvalue weighted by Crippen LogP contribution is 2.22. The summed E-state index contributed by atoms with van der Waals surface area (Å²) in [5.74, 6) is 0. The van der Waals surface area contributed by atoms with Crippen LogP contribution in [0.4, 0.5) is 0 Å². The summed E-state index contributed by atoms with van der Waals surface area (Å²) in [4.78, 5) is 2.67. The smallest absolute Gasteiger partial charge is 0.0566 e. The van der Waals surface area contributed by atoms with E-state index in [1.807, 2.05) is 0 Å². The van der Waals surface area contributed by atoms with E-state index >= 15 is 0 Å². The van der Waals surface area contributed by atoms with Crippen LogP contribution in [0.3, 0.4) is 0 Å². The zero-order valence-electron chi connectivity index (χ0n) is 9.55. The van der Waals surface area contributed by atoms with Crippen LogP contribution < -0.4 is 0 Å². The first-order valence-electron chi connectivity index (χ1n) is 6.03. The fraction of sp³-hybridized carbons (Fsp3) is 1.00. The van der Waals surface area contributed by atoms with Gasteiger partial charge in [-0.2, -0.15) is 0 Å². The van der Waals surface area contributed by atoms with E-state index in [1.165, 1.54) is 32.4 Å². The van der Waals surface area contributed by atoms with Gasteiger partial charge in [-0.3, -0.25) is 0 Å². The van der Waals surface area contributed by atoms with Crippen molar-refractivity contribution in [2.45, 2.75) is 57.8 Å². The molecular formula is C11H25NSi. The lowest BCUT2D eigenvalue weighted by Crippen LogP contribution is -2.44. The molecule has 1 saturated heterocycles. The average Bonchev–Trinajstić information content (AvgIpc) is 2.21. The maximum absolute atomic E-state index is 2.67. The minimum absolute atomic E-state index is 0.388. The molecule has 1 atom stereocenters. The Kier molecular flexibility index (Phi) is 5.03. The van der Waals surface area contributed by atoms with Crippen LogP contribution in [0.5, 0.6) is 0 Å². The van der Waals surface area contributed by atoms with Crippen molar-refractivity contribution in [2.24, 2.45) is 0 Å². The molecule has 0 N–H and O–H groups in total. The molecule has 0 aromatic rings. The quantitative estimate of drug-likeness (QED) is 0.629. The van der Waals surface area contributed by atoms with Crippen LogP contribution in [0.15, 0.2) is 0 Å². The Labute approximate surface area is 85.1 Å². The standard InChI is InChI=1S/C11H25NSi/c1-4-12(5-2)11(3)13-9-7-6-8-10-13/h11,13H,4-10H2,1-3H3. The zero-order chi connectivity index (χ0) is 9.68. The topological polar surface area (TPSA) is 3.24 Å². The van der Waals surface area contributed by atoms with E-state index in [4.69, 9.17) is 0 Å². The van der Waals surface area contributed by atoms with Gasteiger partial charge in [0.1, 0.15) is 0 Å². The van der Waals surface area contributed by atoms with E-state index in [0.29, 0.717) is 0 Å². The third-order valence-corrected chi connectivity index (χ3v) is 7.81. The summed E-state index contributed by atoms with van der Waals surface area (Å²) in [6.07, 6.45) is 4.57. The van der Waals surface area contributed by atoms with Gasteiger partial charge in [0, 0.05) is 0 Å². The van der Waals surface area contributed by atoms with Gasteiger partial charge in [0.15, 0.2) is 0 Å². The van der Waals surface area contributed by atoms with Gasteiger partial charge >= 0.3 is 0 Å². The molecule has 0 amide bonds. The highest BCUT2D eigenvalue weighted by molar-refractivity contribution is 6.60. The molecule has 1 unspecified atom stereocenters. The van der Waals surface area contributed by atoms with Crippen molar-refractivity contribution < 1.29 is 0 Å². The van der Waals surface area contributed by atoms with E-state index in [2.05, 4.69) is 25.7 Å². The van der Waals surface area contributed by atoms with Gasteiger partial charge < -0.3 is 4.90 Å². The largest absolute Gasteiger partial charge is 0.304 e. The van der Waals surface area contributed by atoms with Crippen molar-refractivity contribution in [1.82, 2.24) is 4.90 Å². The highest BCUT2D eigenvalue weighted by atomic mass is 28.3. The summed E-state index contributed by atoms with van der Waals surface area (Å²) in [6.45, 7) is 9.59. The predicted octanol–water partition coefficient (Wildman–Crippen LogP) is 2.67. The molecule has 78 valence electrons. The van der Waals surface area contributed by atoms with Gasteiger partial charge in [0.2, 0.25) is 0 Å². The Bertz CT molecular complexity index is 128. The molecule has 1 aliphatic rings. The van der Waals surface area contributed by atoms with Gasteiger partial charge in [-0.25, -0.2) is 0 Å². The summed E-state index contributed by atoms with van der Waals surface area (Å²) in [5, 5.41) is 0. The summed E-state index contributed by atoms with van der Waals surface area (Å²) in [7, 11) is -0.388. The second kappa shape index (κ2) is 5.81. The molecule has 0 aromatic carbocycles. The summed E-state index contributed by atoms with van der Waals surface area (Å²) < 4.78 is 0. The molecule has 0 saturated carbocycles. The van der Waals surface area contributed by atoms with Gasteiger partial charge in [-0.1, -0.05) is 52.1 Å². The maximum atomic E-state index is 2.67. The first-order valence-corrected chi connectivity index (χ1v) is 8.33. The van der Waals surface area contributed by atoms with E-state index in [9.17, 15) is 0 Å². The van der Waals surface area contributed by atoms with Gasteiger partial charge in [0.05, 0.1) is 8.80 Å². The van der Waals surface area contributed by atoms with Crippen molar-refractivity contribution >= 4 is 8.80 Å². The van der Waals surface area contributed by atoms with Gasteiger partial charge in [-0.15, -0.1) is 0 Å². The second-order valence-electron chi connectivity index (χ2n) is 4.36. The van der Waals surface area contributed by atoms with Crippen LogP contribution in [0.1, 0.15) is 40.0 Å². The van der Waals surface area contributed by atoms with Crippen LogP contribution in [-0.4, -0.2) is 32.5 Å². The zero-order valence-corrected chi connectivity index (χ0v) is 10.7. The van der Waals surface area contributed by atoms with Crippen molar-refractivity contribution in [1.29, 1.82) is 0 Å². The minimum atomic E-state index is -0.388. The first kappa shape index (κ1) is 11.3. The van der Waals surface area contributed by atoms with E-state index in [-0.39, 0.29) is 8.80 Å². The number of hydrogen-bond donors (Lipinski definition) is 0. The Morgan fingerprint density at radius 2 is 1.62 bits per heavy atom. The highest BCUT2D eigenvalue weighted by Gasteiger charge is 2.24. The normalized spacial score (nSPS) is 22.2. The molecule has 1 rings (SSSR count).